The Morgan fingerprint density at radius 1 is 1.42 bits per heavy atom. The van der Waals surface area contributed by atoms with Crippen molar-refractivity contribution in [1.29, 1.82) is 0 Å². The summed E-state index contributed by atoms with van der Waals surface area (Å²) in [5.41, 5.74) is 0.697. The Kier molecular flexibility index (Phi) is 4.76. The van der Waals surface area contributed by atoms with E-state index in [0.717, 1.165) is 9.99 Å². The molecule has 0 fully saturated rings. The molecule has 1 unspecified atom stereocenters. The Morgan fingerprint density at radius 2 is 2.21 bits per heavy atom. The van der Waals surface area contributed by atoms with Gasteiger partial charge in [0.25, 0.3) is 5.89 Å². The number of halogens is 1. The Labute approximate surface area is 125 Å². The van der Waals surface area contributed by atoms with Crippen LogP contribution in [0.4, 0.5) is 0 Å². The van der Waals surface area contributed by atoms with Crippen molar-refractivity contribution < 1.29 is 14.4 Å². The van der Waals surface area contributed by atoms with Crippen LogP contribution in [-0.4, -0.2) is 21.9 Å². The van der Waals surface area contributed by atoms with Crippen molar-refractivity contribution in [3.05, 3.63) is 27.6 Å². The van der Waals surface area contributed by atoms with Crippen molar-refractivity contribution in [1.82, 2.24) is 10.1 Å². The molecule has 1 aromatic heterocycles. The summed E-state index contributed by atoms with van der Waals surface area (Å²) in [5.74, 6) is 1.13. The van der Waals surface area contributed by atoms with E-state index in [2.05, 4.69) is 32.7 Å². The van der Waals surface area contributed by atoms with Gasteiger partial charge in [-0.1, -0.05) is 12.1 Å². The summed E-state index contributed by atoms with van der Waals surface area (Å²) >= 11 is 2.06. The Balaban J connectivity index is 2.27. The highest BCUT2D eigenvalue weighted by atomic mass is 127. The number of nitrogens with zero attached hydrogens (tertiary/aromatic N) is 2. The number of phenolic OH excluding ortho intramolecular Hbond substituents is 1. The zero-order valence-corrected chi connectivity index (χ0v) is 12.9. The van der Waals surface area contributed by atoms with Crippen LogP contribution in [0.5, 0.6) is 5.75 Å². The second-order valence-electron chi connectivity index (χ2n) is 3.98. The second-order valence-corrected chi connectivity index (χ2v) is 5.14. The molecule has 0 aliphatic heterocycles. The third-order valence-corrected chi connectivity index (χ3v) is 3.57. The lowest BCUT2D eigenvalue weighted by Gasteiger charge is -2.09. The maximum atomic E-state index is 9.69. The van der Waals surface area contributed by atoms with Gasteiger partial charge in [-0.05, 0) is 54.1 Å². The molecule has 0 amide bonds. The molecule has 102 valence electrons. The van der Waals surface area contributed by atoms with Gasteiger partial charge in [0.1, 0.15) is 11.9 Å². The van der Waals surface area contributed by atoms with Gasteiger partial charge in [-0.3, -0.25) is 0 Å². The van der Waals surface area contributed by atoms with Gasteiger partial charge in [0.05, 0.1) is 3.57 Å². The summed E-state index contributed by atoms with van der Waals surface area (Å²) in [6.45, 7) is 4.54. The monoisotopic (exact) mass is 374 g/mol. The average molecular weight is 374 g/mol. The average Bonchev–Trinajstić information content (AvgIpc) is 2.88. The molecule has 0 aliphatic carbocycles. The van der Waals surface area contributed by atoms with Crippen LogP contribution in [0, 0.1) is 3.57 Å². The smallest absolute Gasteiger partial charge is 0.258 e. The van der Waals surface area contributed by atoms with Gasteiger partial charge in [-0.2, -0.15) is 4.98 Å². The fourth-order valence-electron chi connectivity index (χ4n) is 1.70. The topological polar surface area (TPSA) is 68.4 Å². The van der Waals surface area contributed by atoms with E-state index in [-0.39, 0.29) is 11.9 Å². The van der Waals surface area contributed by atoms with E-state index in [0.29, 0.717) is 23.9 Å². The third kappa shape index (κ3) is 3.24. The first-order chi connectivity index (χ1) is 9.15. The summed E-state index contributed by atoms with van der Waals surface area (Å²) in [4.78, 5) is 4.32. The quantitative estimate of drug-likeness (QED) is 0.811. The highest BCUT2D eigenvalue weighted by Gasteiger charge is 2.18. The van der Waals surface area contributed by atoms with Crippen molar-refractivity contribution in [2.75, 3.05) is 6.61 Å². The number of rotatable bonds is 5. The number of ether oxygens (including phenoxy) is 1. The van der Waals surface area contributed by atoms with Crippen molar-refractivity contribution >= 4 is 22.6 Å². The van der Waals surface area contributed by atoms with Gasteiger partial charge in [-0.15, -0.1) is 0 Å². The van der Waals surface area contributed by atoms with Crippen LogP contribution in [0.3, 0.4) is 0 Å². The maximum absolute atomic E-state index is 9.69. The normalized spacial score (nSPS) is 12.6. The molecule has 0 radical (unpaired) electrons. The largest absolute Gasteiger partial charge is 0.507 e. The second kappa shape index (κ2) is 6.33. The van der Waals surface area contributed by atoms with E-state index in [1.807, 2.05) is 19.9 Å². The van der Waals surface area contributed by atoms with Crippen LogP contribution >= 0.6 is 22.6 Å². The van der Waals surface area contributed by atoms with Crippen LogP contribution in [0.15, 0.2) is 22.7 Å². The molecule has 0 bridgehead atoms. The predicted octanol–water partition coefficient (Wildman–Crippen LogP) is 3.53. The van der Waals surface area contributed by atoms with Crippen LogP contribution in [0.2, 0.25) is 0 Å². The number of benzene rings is 1. The number of hydrogen-bond donors (Lipinski definition) is 1. The van der Waals surface area contributed by atoms with Gasteiger partial charge in [0.2, 0.25) is 5.82 Å². The molecule has 0 saturated heterocycles. The minimum atomic E-state index is -0.153. The lowest BCUT2D eigenvalue weighted by molar-refractivity contribution is 0.0518. The highest BCUT2D eigenvalue weighted by molar-refractivity contribution is 14.1. The minimum absolute atomic E-state index is 0.153. The summed E-state index contributed by atoms with van der Waals surface area (Å²) in [7, 11) is 0. The molecule has 1 N–H and O–H groups in total. The van der Waals surface area contributed by atoms with Crippen molar-refractivity contribution in [3.8, 4) is 17.2 Å². The first-order valence-corrected chi connectivity index (χ1v) is 7.17. The van der Waals surface area contributed by atoms with E-state index in [4.69, 9.17) is 9.26 Å². The zero-order chi connectivity index (χ0) is 13.8. The number of phenols is 1. The number of aromatic nitrogens is 2. The van der Waals surface area contributed by atoms with Crippen LogP contribution in [-0.2, 0) is 4.74 Å². The maximum Gasteiger partial charge on any atom is 0.258 e. The van der Waals surface area contributed by atoms with E-state index in [1.165, 1.54) is 0 Å². The fourth-order valence-corrected chi connectivity index (χ4v) is 2.04. The zero-order valence-electron chi connectivity index (χ0n) is 10.8. The molecule has 5 nitrogen and oxygen atoms in total. The van der Waals surface area contributed by atoms with Crippen LogP contribution in [0.25, 0.3) is 11.5 Å². The van der Waals surface area contributed by atoms with Crippen LogP contribution < -0.4 is 0 Å². The van der Waals surface area contributed by atoms with E-state index in [1.54, 1.807) is 12.1 Å². The molecule has 0 saturated carbocycles. The fraction of sp³-hybridized carbons (Fsp3) is 0.385. The SMILES string of the molecule is CCOC(CC)c1noc(-c2ccc(I)c(O)c2)n1. The predicted molar refractivity (Wildman–Crippen MR) is 78.8 cm³/mol. The Bertz CT molecular complexity index is 557. The van der Waals surface area contributed by atoms with Crippen molar-refractivity contribution in [2.24, 2.45) is 0 Å². The molecule has 2 rings (SSSR count). The van der Waals surface area contributed by atoms with Gasteiger partial charge >= 0.3 is 0 Å². The molecule has 19 heavy (non-hydrogen) atoms. The Hall–Kier alpha value is -1.15. The standard InChI is InChI=1S/C13H15IN2O3/c1-3-11(18-4-2)12-15-13(19-16-12)8-5-6-9(14)10(17)7-8/h5-7,11,17H,3-4H2,1-2H3. The lowest BCUT2D eigenvalue weighted by Crippen LogP contribution is -2.04. The van der Waals surface area contributed by atoms with Crippen LogP contribution in [0.1, 0.15) is 32.2 Å². The Morgan fingerprint density at radius 3 is 2.84 bits per heavy atom. The number of aromatic hydroxyl groups is 1. The summed E-state index contributed by atoms with van der Waals surface area (Å²) < 4.78 is 11.5. The van der Waals surface area contributed by atoms with E-state index >= 15 is 0 Å². The summed E-state index contributed by atoms with van der Waals surface area (Å²) in [5, 5.41) is 13.6. The molecule has 1 aromatic carbocycles. The molecule has 1 atom stereocenters. The number of hydrogen-bond acceptors (Lipinski definition) is 5. The first-order valence-electron chi connectivity index (χ1n) is 6.09. The molecule has 6 heteroatoms. The first kappa shape index (κ1) is 14.3. The third-order valence-electron chi connectivity index (χ3n) is 2.66. The van der Waals surface area contributed by atoms with Gasteiger partial charge < -0.3 is 14.4 Å². The lowest BCUT2D eigenvalue weighted by atomic mass is 10.2. The van der Waals surface area contributed by atoms with E-state index < -0.39 is 0 Å². The van der Waals surface area contributed by atoms with Gasteiger partial charge in [0.15, 0.2) is 0 Å². The van der Waals surface area contributed by atoms with E-state index in [9.17, 15) is 5.11 Å². The van der Waals surface area contributed by atoms with Crippen molar-refractivity contribution in [3.63, 3.8) is 0 Å². The van der Waals surface area contributed by atoms with Crippen molar-refractivity contribution in [2.45, 2.75) is 26.4 Å². The molecule has 2 aromatic rings. The molecule has 0 spiro atoms. The molecule has 1 heterocycles. The molecular formula is C13H15IN2O3. The highest BCUT2D eigenvalue weighted by Crippen LogP contribution is 2.28. The van der Waals surface area contributed by atoms with Gasteiger partial charge in [-0.25, -0.2) is 0 Å². The minimum Gasteiger partial charge on any atom is -0.507 e. The summed E-state index contributed by atoms with van der Waals surface area (Å²) in [6.07, 6.45) is 0.630. The summed E-state index contributed by atoms with van der Waals surface area (Å²) in [6, 6.07) is 5.25. The molecule has 0 aliphatic rings. The molecular weight excluding hydrogens is 359 g/mol. The van der Waals surface area contributed by atoms with Gasteiger partial charge in [0, 0.05) is 12.2 Å².